The van der Waals surface area contributed by atoms with E-state index in [1.807, 2.05) is 25.9 Å². The zero-order valence-corrected chi connectivity index (χ0v) is 9.70. The Morgan fingerprint density at radius 2 is 2.00 bits per heavy atom. The molecule has 80 valence electrons. The van der Waals surface area contributed by atoms with Crippen LogP contribution in [0.15, 0.2) is 0 Å². The highest BCUT2D eigenvalue weighted by molar-refractivity contribution is 5.42. The van der Waals surface area contributed by atoms with E-state index in [1.165, 1.54) is 0 Å². The zero-order chi connectivity index (χ0) is 11.4. The van der Waals surface area contributed by atoms with Crippen molar-refractivity contribution in [3.05, 3.63) is 17.0 Å². The van der Waals surface area contributed by atoms with Crippen molar-refractivity contribution >= 4 is 5.95 Å². The Balaban J connectivity index is 3.27. The van der Waals surface area contributed by atoms with Gasteiger partial charge in [-0.05, 0) is 13.3 Å². The van der Waals surface area contributed by atoms with E-state index in [0.29, 0.717) is 11.5 Å². The molecule has 0 amide bonds. The molecule has 1 aromatic rings. The molecule has 0 fully saturated rings. The minimum Gasteiger partial charge on any atom is -0.347 e. The predicted octanol–water partition coefficient (Wildman–Crippen LogP) is 1.68. The molecule has 0 aliphatic carbocycles. The van der Waals surface area contributed by atoms with Gasteiger partial charge in [-0.25, -0.2) is 9.97 Å². The van der Waals surface area contributed by atoms with Gasteiger partial charge in [0, 0.05) is 14.1 Å². The first-order valence-electron chi connectivity index (χ1n) is 5.05. The standard InChI is InChI=1S/C11H16N4/c1-5-6-10-9(7-12)8(2)13-11(14-10)15(3)4/h5-6H2,1-4H3. The summed E-state index contributed by atoms with van der Waals surface area (Å²) < 4.78 is 0. The molecule has 0 atom stereocenters. The van der Waals surface area contributed by atoms with Gasteiger partial charge < -0.3 is 4.90 Å². The summed E-state index contributed by atoms with van der Waals surface area (Å²) >= 11 is 0. The molecule has 0 aliphatic heterocycles. The van der Waals surface area contributed by atoms with Gasteiger partial charge in [-0.15, -0.1) is 0 Å². The van der Waals surface area contributed by atoms with E-state index >= 15 is 0 Å². The number of aryl methyl sites for hydroxylation is 2. The average Bonchev–Trinajstić information content (AvgIpc) is 2.17. The molecule has 0 N–H and O–H groups in total. The highest BCUT2D eigenvalue weighted by atomic mass is 15.2. The van der Waals surface area contributed by atoms with Crippen LogP contribution < -0.4 is 4.90 Å². The summed E-state index contributed by atoms with van der Waals surface area (Å²) in [5.41, 5.74) is 2.25. The SMILES string of the molecule is CCCc1nc(N(C)C)nc(C)c1C#N. The van der Waals surface area contributed by atoms with E-state index in [1.54, 1.807) is 0 Å². The summed E-state index contributed by atoms with van der Waals surface area (Å²) in [7, 11) is 3.80. The van der Waals surface area contributed by atoms with Crippen LogP contribution in [0.2, 0.25) is 0 Å². The number of rotatable bonds is 3. The molecule has 0 saturated heterocycles. The Bertz CT molecular complexity index is 390. The third-order valence-electron chi connectivity index (χ3n) is 2.15. The maximum atomic E-state index is 9.01. The molecule has 1 rings (SSSR count). The molecule has 4 nitrogen and oxygen atoms in total. The van der Waals surface area contributed by atoms with Crippen LogP contribution >= 0.6 is 0 Å². The molecule has 0 spiro atoms. The van der Waals surface area contributed by atoms with Gasteiger partial charge in [0.25, 0.3) is 0 Å². The molecular weight excluding hydrogens is 188 g/mol. The third kappa shape index (κ3) is 2.44. The molecule has 0 aromatic carbocycles. The molecule has 1 aromatic heterocycles. The summed E-state index contributed by atoms with van der Waals surface area (Å²) in [6.45, 7) is 3.93. The van der Waals surface area contributed by atoms with Crippen LogP contribution in [0.1, 0.15) is 30.3 Å². The zero-order valence-electron chi connectivity index (χ0n) is 9.70. The number of nitrogens with zero attached hydrogens (tertiary/aromatic N) is 4. The van der Waals surface area contributed by atoms with Crippen LogP contribution in [0.3, 0.4) is 0 Å². The van der Waals surface area contributed by atoms with Gasteiger partial charge in [0.05, 0.1) is 17.0 Å². The van der Waals surface area contributed by atoms with Crippen molar-refractivity contribution < 1.29 is 0 Å². The first-order valence-corrected chi connectivity index (χ1v) is 5.05. The smallest absolute Gasteiger partial charge is 0.225 e. The van der Waals surface area contributed by atoms with Crippen molar-refractivity contribution in [2.75, 3.05) is 19.0 Å². The first-order chi connectivity index (χ1) is 7.10. The second-order valence-electron chi connectivity index (χ2n) is 3.69. The molecule has 0 aliphatic rings. The van der Waals surface area contributed by atoms with Gasteiger partial charge in [-0.2, -0.15) is 5.26 Å². The van der Waals surface area contributed by atoms with E-state index in [-0.39, 0.29) is 0 Å². The lowest BCUT2D eigenvalue weighted by molar-refractivity contribution is 0.846. The minimum absolute atomic E-state index is 0.627. The topological polar surface area (TPSA) is 52.8 Å². The van der Waals surface area contributed by atoms with Crippen molar-refractivity contribution in [3.8, 4) is 6.07 Å². The van der Waals surface area contributed by atoms with Crippen LogP contribution in [-0.2, 0) is 6.42 Å². The second-order valence-corrected chi connectivity index (χ2v) is 3.69. The number of nitriles is 1. The predicted molar refractivity (Wildman–Crippen MR) is 59.8 cm³/mol. The number of hydrogen-bond donors (Lipinski definition) is 0. The Hall–Kier alpha value is -1.63. The number of aromatic nitrogens is 2. The molecular formula is C11H16N4. The normalized spacial score (nSPS) is 9.80. The van der Waals surface area contributed by atoms with Crippen LogP contribution in [0, 0.1) is 18.3 Å². The monoisotopic (exact) mass is 204 g/mol. The quantitative estimate of drug-likeness (QED) is 0.751. The van der Waals surface area contributed by atoms with Gasteiger partial charge in [-0.3, -0.25) is 0 Å². The van der Waals surface area contributed by atoms with Gasteiger partial charge in [0.2, 0.25) is 5.95 Å². The highest BCUT2D eigenvalue weighted by Crippen LogP contribution is 2.15. The summed E-state index contributed by atoms with van der Waals surface area (Å²) in [6.07, 6.45) is 1.81. The summed E-state index contributed by atoms with van der Waals surface area (Å²) in [4.78, 5) is 10.5. The second kappa shape index (κ2) is 4.74. The van der Waals surface area contributed by atoms with E-state index in [0.717, 1.165) is 24.2 Å². The number of hydrogen-bond acceptors (Lipinski definition) is 4. The van der Waals surface area contributed by atoms with E-state index in [9.17, 15) is 0 Å². The van der Waals surface area contributed by atoms with Gasteiger partial charge in [-0.1, -0.05) is 13.3 Å². The van der Waals surface area contributed by atoms with E-state index < -0.39 is 0 Å². The fourth-order valence-electron chi connectivity index (χ4n) is 1.38. The fourth-order valence-corrected chi connectivity index (χ4v) is 1.38. The largest absolute Gasteiger partial charge is 0.347 e. The van der Waals surface area contributed by atoms with Crippen LogP contribution in [0.5, 0.6) is 0 Å². The van der Waals surface area contributed by atoms with Gasteiger partial charge in [0.1, 0.15) is 6.07 Å². The Morgan fingerprint density at radius 3 is 2.47 bits per heavy atom. The van der Waals surface area contributed by atoms with E-state index in [4.69, 9.17) is 5.26 Å². The van der Waals surface area contributed by atoms with Crippen LogP contribution in [-0.4, -0.2) is 24.1 Å². The molecule has 4 heteroatoms. The Labute approximate surface area is 90.6 Å². The molecule has 0 bridgehead atoms. The van der Waals surface area contributed by atoms with Crippen LogP contribution in [0.4, 0.5) is 5.95 Å². The summed E-state index contributed by atoms with van der Waals surface area (Å²) in [6, 6.07) is 2.17. The van der Waals surface area contributed by atoms with Crippen molar-refractivity contribution in [1.82, 2.24) is 9.97 Å². The molecule has 0 saturated carbocycles. The maximum absolute atomic E-state index is 9.01. The van der Waals surface area contributed by atoms with Crippen molar-refractivity contribution in [2.24, 2.45) is 0 Å². The number of anilines is 1. The Morgan fingerprint density at radius 1 is 1.33 bits per heavy atom. The summed E-state index contributed by atoms with van der Waals surface area (Å²) in [5.74, 6) is 0.676. The van der Waals surface area contributed by atoms with Crippen molar-refractivity contribution in [2.45, 2.75) is 26.7 Å². The first kappa shape index (κ1) is 11.4. The average molecular weight is 204 g/mol. The fraction of sp³-hybridized carbons (Fsp3) is 0.545. The highest BCUT2D eigenvalue weighted by Gasteiger charge is 2.11. The molecule has 1 heterocycles. The minimum atomic E-state index is 0.627. The lowest BCUT2D eigenvalue weighted by Gasteiger charge is -2.13. The summed E-state index contributed by atoms with van der Waals surface area (Å²) in [5, 5.41) is 9.01. The molecule has 0 radical (unpaired) electrons. The van der Waals surface area contributed by atoms with Crippen molar-refractivity contribution in [3.63, 3.8) is 0 Å². The van der Waals surface area contributed by atoms with Gasteiger partial charge in [0.15, 0.2) is 0 Å². The van der Waals surface area contributed by atoms with Crippen LogP contribution in [0.25, 0.3) is 0 Å². The third-order valence-corrected chi connectivity index (χ3v) is 2.15. The Kier molecular flexibility index (Phi) is 3.62. The van der Waals surface area contributed by atoms with Gasteiger partial charge >= 0.3 is 0 Å². The van der Waals surface area contributed by atoms with Crippen molar-refractivity contribution in [1.29, 1.82) is 5.26 Å². The maximum Gasteiger partial charge on any atom is 0.225 e. The lowest BCUT2D eigenvalue weighted by atomic mass is 10.1. The molecule has 0 unspecified atom stereocenters. The lowest BCUT2D eigenvalue weighted by Crippen LogP contribution is -2.15. The molecule has 15 heavy (non-hydrogen) atoms. The van der Waals surface area contributed by atoms with E-state index in [2.05, 4.69) is 23.0 Å².